The number of aliphatic hydroxyl groups is 9. The van der Waals surface area contributed by atoms with Gasteiger partial charge in [-0.3, -0.25) is 0 Å². The molecule has 4 saturated carbocycles. The van der Waals surface area contributed by atoms with Crippen molar-refractivity contribution in [3.05, 3.63) is 23.8 Å². The van der Waals surface area contributed by atoms with Crippen molar-refractivity contribution in [2.75, 3.05) is 13.2 Å². The highest BCUT2D eigenvalue weighted by atomic mass is 16.8. The first-order chi connectivity index (χ1) is 25.7. The molecule has 13 nitrogen and oxygen atoms in total. The number of aliphatic hydroxyl groups excluding tert-OH is 9. The van der Waals surface area contributed by atoms with Crippen molar-refractivity contribution in [3.63, 3.8) is 0 Å². The molecule has 55 heavy (non-hydrogen) atoms. The summed E-state index contributed by atoms with van der Waals surface area (Å²) >= 11 is 0. The monoisotopic (exact) mass is 782 g/mol. The summed E-state index contributed by atoms with van der Waals surface area (Å²) in [6.45, 7) is 18.6. The summed E-state index contributed by atoms with van der Waals surface area (Å²) in [4.78, 5) is 0. The zero-order chi connectivity index (χ0) is 40.6. The molecule has 2 saturated heterocycles. The van der Waals surface area contributed by atoms with Gasteiger partial charge >= 0.3 is 0 Å². The molecular weight excluding hydrogens is 712 g/mol. The van der Waals surface area contributed by atoms with E-state index in [1.165, 1.54) is 11.1 Å². The minimum Gasteiger partial charge on any atom is -0.394 e. The van der Waals surface area contributed by atoms with Gasteiger partial charge in [-0.2, -0.15) is 0 Å². The minimum absolute atomic E-state index is 0.0487. The Morgan fingerprint density at radius 1 is 0.727 bits per heavy atom. The Bertz CT molecular complexity index is 1400. The zero-order valence-corrected chi connectivity index (χ0v) is 33.8. The van der Waals surface area contributed by atoms with Crippen molar-refractivity contribution < 1.29 is 64.9 Å². The van der Waals surface area contributed by atoms with Crippen molar-refractivity contribution in [2.24, 2.45) is 45.3 Å². The van der Waals surface area contributed by atoms with Crippen molar-refractivity contribution in [2.45, 2.75) is 180 Å². The van der Waals surface area contributed by atoms with Crippen LogP contribution < -0.4 is 0 Å². The van der Waals surface area contributed by atoms with Crippen LogP contribution in [-0.2, 0) is 18.9 Å². The van der Waals surface area contributed by atoms with E-state index >= 15 is 0 Å². The molecule has 0 aromatic carbocycles. The van der Waals surface area contributed by atoms with Crippen LogP contribution >= 0.6 is 0 Å². The summed E-state index contributed by atoms with van der Waals surface area (Å²) in [5, 5.41) is 97.6. The molecule has 13 heteroatoms. The van der Waals surface area contributed by atoms with E-state index in [4.69, 9.17) is 18.9 Å². The van der Waals surface area contributed by atoms with Crippen LogP contribution in [0.1, 0.15) is 99.8 Å². The fraction of sp³-hybridized carbons (Fsp3) is 0.905. The van der Waals surface area contributed by atoms with Crippen LogP contribution in [0.4, 0.5) is 0 Å². The summed E-state index contributed by atoms with van der Waals surface area (Å²) in [5.74, 6) is 0.556. The van der Waals surface area contributed by atoms with Crippen molar-refractivity contribution in [1.29, 1.82) is 0 Å². The van der Waals surface area contributed by atoms with Gasteiger partial charge in [0.1, 0.15) is 48.8 Å². The predicted molar refractivity (Wildman–Crippen MR) is 201 cm³/mol. The maximum absolute atomic E-state index is 12.2. The molecule has 6 fully saturated rings. The van der Waals surface area contributed by atoms with E-state index in [9.17, 15) is 46.0 Å². The van der Waals surface area contributed by atoms with Gasteiger partial charge in [0.2, 0.25) is 0 Å². The maximum atomic E-state index is 12.2. The van der Waals surface area contributed by atoms with E-state index < -0.39 is 98.4 Å². The van der Waals surface area contributed by atoms with Gasteiger partial charge in [-0.15, -0.1) is 0 Å². The molecule has 4 aliphatic carbocycles. The highest BCUT2D eigenvalue weighted by molar-refractivity contribution is 5.23. The van der Waals surface area contributed by atoms with Crippen LogP contribution in [0.25, 0.3) is 0 Å². The summed E-state index contributed by atoms with van der Waals surface area (Å²) in [6, 6.07) is 0. The first-order valence-corrected chi connectivity index (χ1v) is 20.6. The number of allylic oxidation sites excluding steroid dienone is 3. The molecule has 0 radical (unpaired) electrons. The van der Waals surface area contributed by atoms with E-state index in [2.05, 4.69) is 61.1 Å². The first-order valence-electron chi connectivity index (χ1n) is 20.6. The normalized spacial score (nSPS) is 52.1. The Kier molecular flexibility index (Phi) is 12.6. The van der Waals surface area contributed by atoms with E-state index in [1.54, 1.807) is 0 Å². The van der Waals surface area contributed by atoms with Crippen molar-refractivity contribution >= 4 is 0 Å². The van der Waals surface area contributed by atoms with Crippen LogP contribution in [0.5, 0.6) is 0 Å². The second-order valence-electron chi connectivity index (χ2n) is 19.6. The Hall–Kier alpha value is -1.04. The smallest absolute Gasteiger partial charge is 0.187 e. The van der Waals surface area contributed by atoms with Gasteiger partial charge in [-0.05, 0) is 111 Å². The van der Waals surface area contributed by atoms with Crippen molar-refractivity contribution in [1.82, 2.24) is 0 Å². The fourth-order valence-corrected chi connectivity index (χ4v) is 13.1. The van der Waals surface area contributed by atoms with Gasteiger partial charge < -0.3 is 64.9 Å². The quantitative estimate of drug-likeness (QED) is 0.115. The molecule has 0 bridgehead atoms. The lowest BCUT2D eigenvalue weighted by Crippen LogP contribution is -2.69. The van der Waals surface area contributed by atoms with Gasteiger partial charge in [-0.1, -0.05) is 58.4 Å². The van der Waals surface area contributed by atoms with E-state index in [-0.39, 0.29) is 39.9 Å². The average molecular weight is 783 g/mol. The Morgan fingerprint density at radius 2 is 1.33 bits per heavy atom. The van der Waals surface area contributed by atoms with E-state index in [1.807, 2.05) is 0 Å². The number of fused-ring (bicyclic) bond motifs is 5. The number of hydrogen-bond acceptors (Lipinski definition) is 13. The van der Waals surface area contributed by atoms with E-state index in [0.29, 0.717) is 12.8 Å². The van der Waals surface area contributed by atoms with Gasteiger partial charge in [0.05, 0.1) is 31.5 Å². The SMILES string of the molecule is C=C(CCC=C(C)C)C1CC[C@]2(C)C1[C@H](O)CC1[C@@]3(C)C[C@@H](O)[C@H](OC4OC(CO)[C@@H](O)[C@H](O)[C@@H]4OC4OC(CO)[C@@H](O)[C@H](O)[C@@H]4O)C(C)(C)C3CC[C@]12C. The summed E-state index contributed by atoms with van der Waals surface area (Å²) < 4.78 is 24.1. The van der Waals surface area contributed by atoms with E-state index in [0.717, 1.165) is 38.5 Å². The zero-order valence-electron chi connectivity index (χ0n) is 33.8. The first kappa shape index (κ1) is 43.5. The topological polar surface area (TPSA) is 219 Å². The minimum atomic E-state index is -1.80. The van der Waals surface area contributed by atoms with Crippen LogP contribution in [0, 0.1) is 45.3 Å². The number of rotatable bonds is 10. The third-order valence-electron chi connectivity index (χ3n) is 16.1. The molecule has 2 heterocycles. The molecule has 0 amide bonds. The molecule has 9 N–H and O–H groups in total. The molecule has 316 valence electrons. The Balaban J connectivity index is 1.25. The molecular formula is C42H70O13. The largest absolute Gasteiger partial charge is 0.394 e. The highest BCUT2D eigenvalue weighted by Crippen LogP contribution is 2.75. The average Bonchev–Trinajstić information content (AvgIpc) is 3.49. The van der Waals surface area contributed by atoms with Gasteiger partial charge in [0, 0.05) is 0 Å². The lowest BCUT2D eigenvalue weighted by Gasteiger charge is -2.71. The second-order valence-corrected chi connectivity index (χ2v) is 19.6. The molecule has 0 aromatic rings. The van der Waals surface area contributed by atoms with Crippen LogP contribution in [0.3, 0.4) is 0 Å². The van der Waals surface area contributed by atoms with Crippen LogP contribution in [-0.4, -0.2) is 139 Å². The van der Waals surface area contributed by atoms with Crippen LogP contribution in [0.2, 0.25) is 0 Å². The Labute approximate surface area is 326 Å². The highest BCUT2D eigenvalue weighted by Gasteiger charge is 2.71. The maximum Gasteiger partial charge on any atom is 0.187 e. The molecule has 6 aliphatic rings. The predicted octanol–water partition coefficient (Wildman–Crippen LogP) is 1.93. The number of hydrogen-bond donors (Lipinski definition) is 9. The standard InChI is InChI=1S/C42H70O13/c1-20(2)10-9-11-21(3)22-12-14-42(8)29(22)23(45)16-28-40(6)17-24(46)36(39(4,5)27(40)13-15-41(28,42)7)55-38-35(33(50)31(48)26(19-44)53-38)54-37-34(51)32(49)30(47)25(18-43)52-37/h10,22-38,43-51H,3,9,11-19H2,1-2,4-8H3/t22?,23-,24-,25?,26?,27?,28?,29?,30-,31-,32+,33+,34+,35+,36+,37?,38?,40+,41-,42-/m1/s1. The number of ether oxygens (including phenoxy) is 4. The van der Waals surface area contributed by atoms with Crippen LogP contribution in [0.15, 0.2) is 23.8 Å². The third kappa shape index (κ3) is 7.12. The molecule has 2 aliphatic heterocycles. The lowest BCUT2D eigenvalue weighted by atomic mass is 9.35. The summed E-state index contributed by atoms with van der Waals surface area (Å²) in [5.41, 5.74) is 1.28. The summed E-state index contributed by atoms with van der Waals surface area (Å²) in [6.07, 6.45) is -9.14. The van der Waals surface area contributed by atoms with Gasteiger partial charge in [0.15, 0.2) is 12.6 Å². The Morgan fingerprint density at radius 3 is 1.95 bits per heavy atom. The lowest BCUT2D eigenvalue weighted by molar-refractivity contribution is -0.383. The molecule has 0 aromatic heterocycles. The van der Waals surface area contributed by atoms with Gasteiger partial charge in [-0.25, -0.2) is 0 Å². The van der Waals surface area contributed by atoms with Crippen molar-refractivity contribution in [3.8, 4) is 0 Å². The fourth-order valence-electron chi connectivity index (χ4n) is 13.1. The molecule has 20 atom stereocenters. The molecule has 0 spiro atoms. The molecule has 6 rings (SSSR count). The van der Waals surface area contributed by atoms with Gasteiger partial charge in [0.25, 0.3) is 0 Å². The second kappa shape index (κ2) is 15.9. The molecule has 8 unspecified atom stereocenters. The summed E-state index contributed by atoms with van der Waals surface area (Å²) in [7, 11) is 0. The third-order valence-corrected chi connectivity index (χ3v) is 16.1.